The Bertz CT molecular complexity index is 1350. The van der Waals surface area contributed by atoms with Crippen LogP contribution in [0.4, 0.5) is 11.4 Å². The number of amides is 2. The molecule has 4 aromatic rings. The zero-order chi connectivity index (χ0) is 23.7. The summed E-state index contributed by atoms with van der Waals surface area (Å²) in [5, 5.41) is 6.59. The second-order valence-corrected chi connectivity index (χ2v) is 9.60. The first-order chi connectivity index (χ1) is 16.5. The summed E-state index contributed by atoms with van der Waals surface area (Å²) in [5.41, 5.74) is 5.67. The van der Waals surface area contributed by atoms with Crippen LogP contribution in [0.15, 0.2) is 78.2 Å². The fraction of sp³-hybridized carbons (Fsp3) is 0.148. The van der Waals surface area contributed by atoms with Crippen molar-refractivity contribution >= 4 is 46.1 Å². The van der Waals surface area contributed by atoms with Gasteiger partial charge in [-0.3, -0.25) is 9.59 Å². The number of halogens is 1. The summed E-state index contributed by atoms with van der Waals surface area (Å²) >= 11 is 7.56. The largest absolute Gasteiger partial charge is 0.326 e. The number of carbonyl (C=O) groups is 2. The van der Waals surface area contributed by atoms with Crippen LogP contribution in [0.3, 0.4) is 0 Å². The average Bonchev–Trinajstić information content (AvgIpc) is 3.48. The van der Waals surface area contributed by atoms with Crippen LogP contribution in [0, 0.1) is 12.8 Å². The van der Waals surface area contributed by atoms with Crippen molar-refractivity contribution in [2.24, 2.45) is 5.92 Å². The number of nitrogens with zero attached hydrogens (tertiary/aromatic N) is 2. The lowest BCUT2D eigenvalue weighted by Crippen LogP contribution is -2.28. The zero-order valence-electron chi connectivity index (χ0n) is 18.5. The van der Waals surface area contributed by atoms with Gasteiger partial charge in [0, 0.05) is 45.9 Å². The van der Waals surface area contributed by atoms with Crippen molar-refractivity contribution in [1.82, 2.24) is 4.98 Å². The van der Waals surface area contributed by atoms with E-state index in [0.717, 1.165) is 27.5 Å². The van der Waals surface area contributed by atoms with Gasteiger partial charge in [-0.2, -0.15) is 0 Å². The number of anilines is 2. The maximum atomic E-state index is 12.8. The number of nitrogens with one attached hydrogen (secondary N) is 1. The molecule has 5 nitrogen and oxygen atoms in total. The highest BCUT2D eigenvalue weighted by Crippen LogP contribution is 2.31. The number of thiazole rings is 1. The van der Waals surface area contributed by atoms with E-state index in [1.54, 1.807) is 40.5 Å². The van der Waals surface area contributed by atoms with Gasteiger partial charge in [-0.25, -0.2) is 4.98 Å². The van der Waals surface area contributed by atoms with Crippen molar-refractivity contribution in [3.8, 4) is 21.8 Å². The van der Waals surface area contributed by atoms with E-state index in [0.29, 0.717) is 17.3 Å². The maximum Gasteiger partial charge on any atom is 0.229 e. The van der Waals surface area contributed by atoms with E-state index in [-0.39, 0.29) is 18.2 Å². The predicted octanol–water partition coefficient (Wildman–Crippen LogP) is 6.43. The Labute approximate surface area is 207 Å². The van der Waals surface area contributed by atoms with Gasteiger partial charge in [-0.05, 0) is 48.9 Å². The minimum absolute atomic E-state index is 0.0641. The first kappa shape index (κ1) is 22.3. The van der Waals surface area contributed by atoms with E-state index in [2.05, 4.69) is 24.4 Å². The Morgan fingerprint density at radius 2 is 1.79 bits per heavy atom. The van der Waals surface area contributed by atoms with Crippen LogP contribution in [-0.2, 0) is 9.59 Å². The number of aromatic nitrogens is 1. The Kier molecular flexibility index (Phi) is 6.18. The van der Waals surface area contributed by atoms with Crippen LogP contribution in [0.25, 0.3) is 21.8 Å². The van der Waals surface area contributed by atoms with Gasteiger partial charge in [-0.1, -0.05) is 48.0 Å². The molecular formula is C27H22ClN3O2S. The van der Waals surface area contributed by atoms with Crippen LogP contribution in [0.1, 0.15) is 12.0 Å². The molecule has 170 valence electrons. The molecule has 1 saturated heterocycles. The van der Waals surface area contributed by atoms with E-state index in [9.17, 15) is 9.59 Å². The van der Waals surface area contributed by atoms with Crippen molar-refractivity contribution < 1.29 is 9.59 Å². The summed E-state index contributed by atoms with van der Waals surface area (Å²) in [6.07, 6.45) is 0.188. The van der Waals surface area contributed by atoms with Crippen molar-refractivity contribution in [3.05, 3.63) is 88.8 Å². The van der Waals surface area contributed by atoms with E-state index < -0.39 is 5.92 Å². The van der Waals surface area contributed by atoms with Gasteiger partial charge >= 0.3 is 0 Å². The zero-order valence-corrected chi connectivity index (χ0v) is 20.1. The lowest BCUT2D eigenvalue weighted by atomic mass is 10.1. The molecule has 2 amide bonds. The smallest absolute Gasteiger partial charge is 0.229 e. The summed E-state index contributed by atoms with van der Waals surface area (Å²) in [5.74, 6) is -0.628. The Hall–Kier alpha value is -3.48. The van der Waals surface area contributed by atoms with Gasteiger partial charge in [0.2, 0.25) is 11.8 Å². The standard InChI is InChI=1S/C27H22ClN3O2S/c1-17-4-2-3-5-23(17)27-30-24(16-34-27)18-6-10-21(11-7-18)29-26(33)19-14-25(32)31(15-19)22-12-8-20(28)9-13-22/h2-13,16,19H,14-15H2,1H3,(H,29,33). The predicted molar refractivity (Wildman–Crippen MR) is 138 cm³/mol. The first-order valence-electron chi connectivity index (χ1n) is 11.0. The fourth-order valence-electron chi connectivity index (χ4n) is 4.07. The number of hydrogen-bond donors (Lipinski definition) is 1. The summed E-state index contributed by atoms with van der Waals surface area (Å²) in [7, 11) is 0. The van der Waals surface area contributed by atoms with Crippen LogP contribution < -0.4 is 10.2 Å². The van der Waals surface area contributed by atoms with E-state index in [1.807, 2.05) is 41.8 Å². The van der Waals surface area contributed by atoms with Gasteiger partial charge < -0.3 is 10.2 Å². The maximum absolute atomic E-state index is 12.8. The van der Waals surface area contributed by atoms with Gasteiger partial charge in [0.05, 0.1) is 11.6 Å². The summed E-state index contributed by atoms with van der Waals surface area (Å²) in [6.45, 7) is 2.44. The van der Waals surface area contributed by atoms with Crippen LogP contribution >= 0.6 is 22.9 Å². The molecule has 5 rings (SSSR count). The second kappa shape index (κ2) is 9.41. The molecule has 2 heterocycles. The van der Waals surface area contributed by atoms with Crippen molar-refractivity contribution in [3.63, 3.8) is 0 Å². The lowest BCUT2D eigenvalue weighted by molar-refractivity contribution is -0.122. The molecule has 1 aromatic heterocycles. The van der Waals surface area contributed by atoms with Gasteiger partial charge in [-0.15, -0.1) is 11.3 Å². The number of hydrogen-bond acceptors (Lipinski definition) is 4. The second-order valence-electron chi connectivity index (χ2n) is 8.30. The van der Waals surface area contributed by atoms with Crippen molar-refractivity contribution in [1.29, 1.82) is 0 Å². The number of carbonyl (C=O) groups excluding carboxylic acids is 2. The molecule has 1 aliphatic rings. The topological polar surface area (TPSA) is 62.3 Å². The van der Waals surface area contributed by atoms with Crippen LogP contribution in [0.2, 0.25) is 5.02 Å². The highest BCUT2D eigenvalue weighted by Gasteiger charge is 2.35. The number of aryl methyl sites for hydroxylation is 1. The third-order valence-corrected chi connectivity index (χ3v) is 7.09. The van der Waals surface area contributed by atoms with Crippen molar-refractivity contribution in [2.45, 2.75) is 13.3 Å². The van der Waals surface area contributed by atoms with Gasteiger partial charge in [0.1, 0.15) is 5.01 Å². The Morgan fingerprint density at radius 1 is 1.06 bits per heavy atom. The lowest BCUT2D eigenvalue weighted by Gasteiger charge is -2.16. The highest BCUT2D eigenvalue weighted by molar-refractivity contribution is 7.13. The normalized spacial score (nSPS) is 15.5. The molecule has 1 N–H and O–H groups in total. The monoisotopic (exact) mass is 487 g/mol. The molecule has 7 heteroatoms. The summed E-state index contributed by atoms with van der Waals surface area (Å²) in [6, 6.07) is 22.9. The minimum Gasteiger partial charge on any atom is -0.326 e. The molecule has 0 aliphatic carbocycles. The molecule has 1 fully saturated rings. The molecule has 34 heavy (non-hydrogen) atoms. The number of benzene rings is 3. The summed E-state index contributed by atoms with van der Waals surface area (Å²) in [4.78, 5) is 31.7. The molecule has 0 spiro atoms. The Morgan fingerprint density at radius 3 is 2.53 bits per heavy atom. The summed E-state index contributed by atoms with van der Waals surface area (Å²) < 4.78 is 0. The first-order valence-corrected chi connectivity index (χ1v) is 12.2. The van der Waals surface area contributed by atoms with Crippen LogP contribution in [0.5, 0.6) is 0 Å². The molecule has 0 saturated carbocycles. The molecule has 1 atom stereocenters. The molecule has 0 bridgehead atoms. The minimum atomic E-state index is -0.405. The fourth-order valence-corrected chi connectivity index (χ4v) is 5.11. The highest BCUT2D eigenvalue weighted by atomic mass is 35.5. The molecule has 3 aromatic carbocycles. The van der Waals surface area contributed by atoms with E-state index in [1.165, 1.54) is 5.56 Å². The SMILES string of the molecule is Cc1ccccc1-c1nc(-c2ccc(NC(=O)C3CC(=O)N(c4ccc(Cl)cc4)C3)cc2)cs1. The molecule has 0 radical (unpaired) electrons. The van der Waals surface area contributed by atoms with Crippen molar-refractivity contribution in [2.75, 3.05) is 16.8 Å². The average molecular weight is 488 g/mol. The van der Waals surface area contributed by atoms with E-state index in [4.69, 9.17) is 16.6 Å². The van der Waals surface area contributed by atoms with Gasteiger partial charge in [0.25, 0.3) is 0 Å². The third-order valence-electron chi connectivity index (χ3n) is 5.96. The van der Waals surface area contributed by atoms with Crippen LogP contribution in [-0.4, -0.2) is 23.3 Å². The molecule has 1 unspecified atom stereocenters. The van der Waals surface area contributed by atoms with Gasteiger partial charge in [0.15, 0.2) is 0 Å². The quantitative estimate of drug-likeness (QED) is 0.353. The molecule has 1 aliphatic heterocycles. The molecular weight excluding hydrogens is 466 g/mol. The van der Waals surface area contributed by atoms with E-state index >= 15 is 0 Å². The Balaban J connectivity index is 1.24. The third kappa shape index (κ3) is 4.60. The number of rotatable bonds is 5.